The molecular weight excluding hydrogens is 446 g/mol. The number of rotatable bonds is 5. The van der Waals surface area contributed by atoms with Crippen LogP contribution < -0.4 is 16.0 Å². The van der Waals surface area contributed by atoms with Gasteiger partial charge < -0.3 is 21.1 Å². The third-order valence-electron chi connectivity index (χ3n) is 6.23. The summed E-state index contributed by atoms with van der Waals surface area (Å²) in [7, 11) is 0. The Morgan fingerprint density at radius 2 is 2.03 bits per heavy atom. The van der Waals surface area contributed by atoms with Gasteiger partial charge in [-0.25, -0.2) is 4.98 Å². The Kier molecular flexibility index (Phi) is 6.28. The number of pyridine rings is 2. The van der Waals surface area contributed by atoms with Crippen LogP contribution in [0.3, 0.4) is 0 Å². The van der Waals surface area contributed by atoms with Crippen LogP contribution in [0.5, 0.6) is 0 Å². The van der Waals surface area contributed by atoms with E-state index in [0.717, 1.165) is 22.3 Å². The number of nitrogens with two attached hydrogens (primary N) is 1. The molecule has 1 aliphatic heterocycles. The fraction of sp³-hybridized carbons (Fsp3) is 0.269. The van der Waals surface area contributed by atoms with E-state index in [1.165, 1.54) is 10.4 Å². The summed E-state index contributed by atoms with van der Waals surface area (Å²) in [5, 5.41) is 13.2. The van der Waals surface area contributed by atoms with E-state index >= 15 is 0 Å². The van der Waals surface area contributed by atoms with Gasteiger partial charge in [-0.3, -0.25) is 9.78 Å². The number of aliphatic hydroxyl groups excluding tert-OH is 1. The van der Waals surface area contributed by atoms with E-state index in [1.807, 2.05) is 37.3 Å². The van der Waals surface area contributed by atoms with Crippen LogP contribution in [0.15, 0.2) is 67.0 Å². The van der Waals surface area contributed by atoms with Crippen LogP contribution in [-0.2, 0) is 6.42 Å². The Bertz CT molecular complexity index is 1300. The second kappa shape index (κ2) is 9.50. The van der Waals surface area contributed by atoms with E-state index in [1.54, 1.807) is 29.8 Å². The van der Waals surface area contributed by atoms with Crippen molar-refractivity contribution in [1.29, 1.82) is 0 Å². The summed E-state index contributed by atoms with van der Waals surface area (Å²) in [6.07, 6.45) is 3.63. The molecule has 1 saturated heterocycles. The normalized spacial score (nSPS) is 20.4. The molecule has 1 aliphatic rings. The van der Waals surface area contributed by atoms with Gasteiger partial charge in [-0.1, -0.05) is 37.3 Å². The maximum absolute atomic E-state index is 13.1. The van der Waals surface area contributed by atoms with Crippen molar-refractivity contribution < 1.29 is 9.90 Å². The minimum Gasteiger partial charge on any atom is -0.391 e. The molecule has 7 nitrogen and oxygen atoms in total. The highest BCUT2D eigenvalue weighted by Crippen LogP contribution is 2.30. The lowest BCUT2D eigenvalue weighted by Gasteiger charge is -2.40. The minimum atomic E-state index is -0.538. The molecule has 4 heterocycles. The molecule has 174 valence electrons. The van der Waals surface area contributed by atoms with Gasteiger partial charge >= 0.3 is 0 Å². The number of benzene rings is 1. The summed E-state index contributed by atoms with van der Waals surface area (Å²) >= 11 is 1.70. The molecule has 4 aromatic rings. The van der Waals surface area contributed by atoms with Crippen LogP contribution in [0.25, 0.3) is 10.2 Å². The van der Waals surface area contributed by atoms with E-state index < -0.39 is 6.10 Å². The molecule has 0 bridgehead atoms. The number of nitrogens with zero attached hydrogens (tertiary/aromatic N) is 3. The zero-order valence-corrected chi connectivity index (χ0v) is 19.7. The average Bonchev–Trinajstić information content (AvgIpc) is 3.24. The summed E-state index contributed by atoms with van der Waals surface area (Å²) in [6, 6.07) is 17.6. The highest BCUT2D eigenvalue weighted by Gasteiger charge is 2.32. The van der Waals surface area contributed by atoms with Crippen molar-refractivity contribution in [3.8, 4) is 0 Å². The van der Waals surface area contributed by atoms with Gasteiger partial charge in [0, 0.05) is 42.5 Å². The minimum absolute atomic E-state index is 0.0215. The maximum Gasteiger partial charge on any atom is 0.274 e. The van der Waals surface area contributed by atoms with Gasteiger partial charge in [-0.05, 0) is 29.8 Å². The van der Waals surface area contributed by atoms with Crippen molar-refractivity contribution in [2.24, 2.45) is 11.7 Å². The number of hydrogen-bond acceptors (Lipinski definition) is 7. The predicted molar refractivity (Wildman–Crippen MR) is 136 cm³/mol. The molecule has 1 aromatic carbocycles. The Balaban J connectivity index is 1.35. The van der Waals surface area contributed by atoms with Gasteiger partial charge in [0.1, 0.15) is 5.69 Å². The fourth-order valence-electron chi connectivity index (χ4n) is 4.44. The molecule has 0 spiro atoms. The Morgan fingerprint density at radius 1 is 1.21 bits per heavy atom. The van der Waals surface area contributed by atoms with Gasteiger partial charge in [0.2, 0.25) is 0 Å². The van der Waals surface area contributed by atoms with Crippen molar-refractivity contribution in [2.75, 3.05) is 23.3 Å². The molecule has 3 atom stereocenters. The van der Waals surface area contributed by atoms with Crippen molar-refractivity contribution in [3.63, 3.8) is 0 Å². The summed E-state index contributed by atoms with van der Waals surface area (Å²) in [5.41, 5.74) is 9.99. The predicted octanol–water partition coefficient (Wildman–Crippen LogP) is 3.68. The number of aromatic nitrogens is 2. The van der Waals surface area contributed by atoms with Gasteiger partial charge in [-0.2, -0.15) is 0 Å². The fourth-order valence-corrected chi connectivity index (χ4v) is 5.48. The number of piperidine rings is 1. The van der Waals surface area contributed by atoms with Gasteiger partial charge in [0.15, 0.2) is 0 Å². The molecule has 4 N–H and O–H groups in total. The van der Waals surface area contributed by atoms with Gasteiger partial charge in [-0.15, -0.1) is 11.3 Å². The third-order valence-corrected chi connectivity index (χ3v) is 7.32. The van der Waals surface area contributed by atoms with E-state index in [2.05, 4.69) is 38.4 Å². The molecule has 8 heteroatoms. The van der Waals surface area contributed by atoms with Crippen LogP contribution >= 0.6 is 11.3 Å². The first-order valence-corrected chi connectivity index (χ1v) is 12.2. The standard InChI is InChI=1S/C26H27N5O2S/c1-16-14-31(15-19(27)25(16)32)23-9-10-28-13-22(23)30-26(33)20-7-8-24-21(29-20)12-18(34-24)11-17-5-3-2-4-6-17/h2-10,12-13,16,19,25,32H,11,14-15,27H2,1H3,(H,30,33). The lowest BCUT2D eigenvalue weighted by molar-refractivity contribution is 0.0785. The van der Waals surface area contributed by atoms with Crippen molar-refractivity contribution in [3.05, 3.63) is 83.1 Å². The summed E-state index contributed by atoms with van der Waals surface area (Å²) in [4.78, 5) is 25.2. The number of amides is 1. The molecular formula is C26H27N5O2S. The second-order valence-corrected chi connectivity index (χ2v) is 10.0. The smallest absolute Gasteiger partial charge is 0.274 e. The zero-order chi connectivity index (χ0) is 23.7. The third kappa shape index (κ3) is 4.65. The lowest BCUT2D eigenvalue weighted by atomic mass is 9.92. The molecule has 34 heavy (non-hydrogen) atoms. The zero-order valence-electron chi connectivity index (χ0n) is 18.9. The lowest BCUT2D eigenvalue weighted by Crippen LogP contribution is -2.55. The Hall–Kier alpha value is -3.33. The number of anilines is 2. The van der Waals surface area contributed by atoms with Crippen LogP contribution in [-0.4, -0.2) is 46.2 Å². The van der Waals surface area contributed by atoms with Crippen LogP contribution in [0.4, 0.5) is 11.4 Å². The first-order valence-electron chi connectivity index (χ1n) is 11.4. The quantitative estimate of drug-likeness (QED) is 0.409. The van der Waals surface area contributed by atoms with Crippen LogP contribution in [0.2, 0.25) is 0 Å². The van der Waals surface area contributed by atoms with Crippen LogP contribution in [0.1, 0.15) is 27.9 Å². The molecule has 1 amide bonds. The molecule has 3 unspecified atom stereocenters. The van der Waals surface area contributed by atoms with Gasteiger partial charge in [0.05, 0.1) is 33.9 Å². The summed E-state index contributed by atoms with van der Waals surface area (Å²) in [6.45, 7) is 3.12. The van der Waals surface area contributed by atoms with E-state index in [0.29, 0.717) is 24.5 Å². The highest BCUT2D eigenvalue weighted by atomic mass is 32.1. The average molecular weight is 474 g/mol. The van der Waals surface area contributed by atoms with E-state index in [9.17, 15) is 9.90 Å². The number of carbonyl (C=O) groups is 1. The van der Waals surface area contributed by atoms with Gasteiger partial charge in [0.25, 0.3) is 5.91 Å². The van der Waals surface area contributed by atoms with E-state index in [4.69, 9.17) is 5.73 Å². The first kappa shape index (κ1) is 22.5. The largest absolute Gasteiger partial charge is 0.391 e. The summed E-state index contributed by atoms with van der Waals surface area (Å²) in [5.74, 6) is -0.269. The monoisotopic (exact) mass is 473 g/mol. The summed E-state index contributed by atoms with van der Waals surface area (Å²) < 4.78 is 1.05. The second-order valence-electron chi connectivity index (χ2n) is 8.84. The number of fused-ring (bicyclic) bond motifs is 1. The molecule has 0 aliphatic carbocycles. The highest BCUT2D eigenvalue weighted by molar-refractivity contribution is 7.19. The first-order chi connectivity index (χ1) is 16.5. The Labute approximate surface area is 202 Å². The Morgan fingerprint density at radius 3 is 2.82 bits per heavy atom. The van der Waals surface area contributed by atoms with Crippen molar-refractivity contribution in [2.45, 2.75) is 25.5 Å². The number of aliphatic hydroxyl groups is 1. The number of nitrogens with one attached hydrogen (secondary N) is 1. The molecule has 0 radical (unpaired) electrons. The SMILES string of the molecule is CC1CN(c2ccncc2NC(=O)c2ccc3sc(Cc4ccccc4)cc3n2)CC(N)C1O. The van der Waals surface area contributed by atoms with Crippen molar-refractivity contribution >= 4 is 38.8 Å². The van der Waals surface area contributed by atoms with Crippen molar-refractivity contribution in [1.82, 2.24) is 9.97 Å². The molecule has 5 rings (SSSR count). The number of thiophene rings is 1. The molecule has 3 aromatic heterocycles. The molecule has 1 fully saturated rings. The van der Waals surface area contributed by atoms with Crippen LogP contribution in [0, 0.1) is 5.92 Å². The molecule has 0 saturated carbocycles. The number of carbonyl (C=O) groups excluding carboxylic acids is 1. The number of hydrogen-bond donors (Lipinski definition) is 3. The topological polar surface area (TPSA) is 104 Å². The maximum atomic E-state index is 13.1. The van der Waals surface area contributed by atoms with E-state index in [-0.39, 0.29) is 17.9 Å².